The SMILES string of the molecule is CCOC(=O)c1cccc(-c2c(-c3ccccc3P(=O)(c3ccccc3)c3ccccc3)n(C)c3ccccc23)c1. The van der Waals surface area contributed by atoms with Crippen molar-refractivity contribution in [3.63, 3.8) is 0 Å². The van der Waals surface area contributed by atoms with Gasteiger partial charge in [0, 0.05) is 45.0 Å². The fourth-order valence-corrected chi connectivity index (χ4v) is 8.52. The molecule has 0 N–H and O–H groups in total. The Bertz CT molecular complexity index is 1860. The van der Waals surface area contributed by atoms with E-state index in [1.165, 1.54) is 0 Å². The minimum atomic E-state index is -3.28. The van der Waals surface area contributed by atoms with Gasteiger partial charge in [-0.1, -0.05) is 115 Å². The van der Waals surface area contributed by atoms with Crippen molar-refractivity contribution in [2.75, 3.05) is 6.61 Å². The zero-order valence-corrected chi connectivity index (χ0v) is 23.9. The monoisotopic (exact) mass is 555 g/mol. The van der Waals surface area contributed by atoms with Crippen molar-refractivity contribution < 1.29 is 14.1 Å². The summed E-state index contributed by atoms with van der Waals surface area (Å²) in [6.07, 6.45) is 0. The second-order valence-electron chi connectivity index (χ2n) is 9.90. The summed E-state index contributed by atoms with van der Waals surface area (Å²) in [7, 11) is -1.23. The maximum atomic E-state index is 15.5. The normalized spacial score (nSPS) is 11.5. The van der Waals surface area contributed by atoms with E-state index in [0.717, 1.165) is 49.2 Å². The van der Waals surface area contributed by atoms with Crippen LogP contribution in [0.25, 0.3) is 33.3 Å². The third-order valence-electron chi connectivity index (χ3n) is 7.51. The first kappa shape index (κ1) is 26.6. The van der Waals surface area contributed by atoms with Crippen LogP contribution >= 0.6 is 7.14 Å². The van der Waals surface area contributed by atoms with Crippen LogP contribution in [0.5, 0.6) is 0 Å². The van der Waals surface area contributed by atoms with Gasteiger partial charge in [0.15, 0.2) is 7.14 Å². The van der Waals surface area contributed by atoms with Gasteiger partial charge in [-0.25, -0.2) is 4.79 Å². The van der Waals surface area contributed by atoms with Gasteiger partial charge in [-0.05, 0) is 30.7 Å². The molecule has 0 amide bonds. The molecule has 4 nitrogen and oxygen atoms in total. The maximum Gasteiger partial charge on any atom is 0.338 e. The van der Waals surface area contributed by atoms with Gasteiger partial charge < -0.3 is 13.9 Å². The van der Waals surface area contributed by atoms with E-state index in [1.807, 2.05) is 116 Å². The van der Waals surface area contributed by atoms with E-state index < -0.39 is 7.14 Å². The number of esters is 1. The molecule has 0 saturated heterocycles. The standard InChI is InChI=1S/C36H30NO3P/c1-3-40-36(38)27-16-14-15-26(25-27)34-30-21-10-12-23-32(30)37(2)35(34)31-22-11-13-24-33(31)41(39,28-17-6-4-7-18-28)29-19-8-5-9-20-29/h4-25H,3H2,1-2H3. The molecule has 6 rings (SSSR count). The van der Waals surface area contributed by atoms with Crippen molar-refractivity contribution in [2.24, 2.45) is 7.05 Å². The Kier molecular flexibility index (Phi) is 7.17. The summed E-state index contributed by atoms with van der Waals surface area (Å²) >= 11 is 0. The summed E-state index contributed by atoms with van der Waals surface area (Å²) in [5.41, 5.74) is 5.24. The minimum Gasteiger partial charge on any atom is -0.462 e. The van der Waals surface area contributed by atoms with E-state index in [9.17, 15) is 4.79 Å². The molecule has 0 bridgehead atoms. The smallest absolute Gasteiger partial charge is 0.338 e. The Morgan fingerprint density at radius 3 is 2.02 bits per heavy atom. The molecule has 0 saturated carbocycles. The van der Waals surface area contributed by atoms with Crippen LogP contribution in [-0.4, -0.2) is 17.1 Å². The van der Waals surface area contributed by atoms with Crippen LogP contribution < -0.4 is 15.9 Å². The lowest BCUT2D eigenvalue weighted by Gasteiger charge is -2.23. The lowest BCUT2D eigenvalue weighted by atomic mass is 9.97. The average Bonchev–Trinajstić information content (AvgIpc) is 3.33. The highest BCUT2D eigenvalue weighted by Crippen LogP contribution is 2.48. The fourth-order valence-electron chi connectivity index (χ4n) is 5.67. The molecule has 41 heavy (non-hydrogen) atoms. The number of ether oxygens (including phenoxy) is 1. The summed E-state index contributed by atoms with van der Waals surface area (Å²) in [5.74, 6) is -0.353. The maximum absolute atomic E-state index is 15.5. The van der Waals surface area contributed by atoms with Crippen LogP contribution in [0.4, 0.5) is 0 Å². The summed E-state index contributed by atoms with van der Waals surface area (Å²) in [6.45, 7) is 2.11. The zero-order chi connectivity index (χ0) is 28.4. The quantitative estimate of drug-likeness (QED) is 0.153. The second kappa shape index (κ2) is 11.1. The van der Waals surface area contributed by atoms with E-state index in [1.54, 1.807) is 13.0 Å². The van der Waals surface area contributed by atoms with Gasteiger partial charge in [0.25, 0.3) is 0 Å². The third kappa shape index (κ3) is 4.61. The first-order chi connectivity index (χ1) is 20.0. The van der Waals surface area contributed by atoms with E-state index in [2.05, 4.69) is 22.8 Å². The fraction of sp³-hybridized carbons (Fsp3) is 0.0833. The molecule has 0 aliphatic rings. The van der Waals surface area contributed by atoms with E-state index in [4.69, 9.17) is 4.74 Å². The molecule has 0 atom stereocenters. The highest BCUT2D eigenvalue weighted by Gasteiger charge is 2.33. The molecule has 0 fully saturated rings. The van der Waals surface area contributed by atoms with Crippen LogP contribution in [0.15, 0.2) is 133 Å². The number of rotatable bonds is 7. The van der Waals surface area contributed by atoms with Crippen molar-refractivity contribution in [2.45, 2.75) is 6.92 Å². The lowest BCUT2D eigenvalue weighted by Crippen LogP contribution is -2.26. The van der Waals surface area contributed by atoms with Gasteiger partial charge in [0.2, 0.25) is 0 Å². The predicted octanol–water partition coefficient (Wildman–Crippen LogP) is 7.33. The molecule has 0 aliphatic carbocycles. The Hall–Kier alpha value is -4.66. The molecule has 1 aromatic heterocycles. The van der Waals surface area contributed by atoms with Crippen molar-refractivity contribution in [3.8, 4) is 22.4 Å². The minimum absolute atomic E-state index is 0.310. The molecule has 5 heteroatoms. The van der Waals surface area contributed by atoms with Gasteiger partial charge >= 0.3 is 5.97 Å². The molecule has 0 spiro atoms. The Morgan fingerprint density at radius 2 is 1.34 bits per heavy atom. The molecule has 6 aromatic rings. The Balaban J connectivity index is 1.68. The number of para-hydroxylation sites is 1. The molecule has 202 valence electrons. The van der Waals surface area contributed by atoms with Gasteiger partial charge in [-0.3, -0.25) is 0 Å². The summed E-state index contributed by atoms with van der Waals surface area (Å²) in [4.78, 5) is 12.7. The van der Waals surface area contributed by atoms with E-state index in [-0.39, 0.29) is 5.97 Å². The number of hydrogen-bond acceptors (Lipinski definition) is 3. The van der Waals surface area contributed by atoms with Gasteiger partial charge in [0.1, 0.15) is 0 Å². The molecule has 1 heterocycles. The number of fused-ring (bicyclic) bond motifs is 1. The number of aryl methyl sites for hydroxylation is 1. The van der Waals surface area contributed by atoms with Crippen molar-refractivity contribution >= 4 is 39.9 Å². The Labute approximate surface area is 240 Å². The number of carbonyl (C=O) groups excluding carboxylic acids is 1. The van der Waals surface area contributed by atoms with Crippen molar-refractivity contribution in [1.82, 2.24) is 4.57 Å². The molecule has 5 aromatic carbocycles. The first-order valence-electron chi connectivity index (χ1n) is 13.7. The van der Waals surface area contributed by atoms with Crippen LogP contribution in [-0.2, 0) is 16.3 Å². The number of nitrogens with zero attached hydrogens (tertiary/aromatic N) is 1. The first-order valence-corrected chi connectivity index (χ1v) is 15.4. The van der Waals surface area contributed by atoms with Gasteiger partial charge in [0.05, 0.1) is 17.9 Å². The lowest BCUT2D eigenvalue weighted by molar-refractivity contribution is 0.0526. The van der Waals surface area contributed by atoms with Gasteiger partial charge in [-0.2, -0.15) is 0 Å². The number of aromatic nitrogens is 1. The van der Waals surface area contributed by atoms with Crippen LogP contribution in [0, 0.1) is 0 Å². The number of carbonyl (C=O) groups is 1. The van der Waals surface area contributed by atoms with Gasteiger partial charge in [-0.15, -0.1) is 0 Å². The highest BCUT2D eigenvalue weighted by molar-refractivity contribution is 7.85. The second-order valence-corrected chi connectivity index (χ2v) is 12.6. The van der Waals surface area contributed by atoms with E-state index in [0.29, 0.717) is 12.2 Å². The topological polar surface area (TPSA) is 48.3 Å². The van der Waals surface area contributed by atoms with Crippen LogP contribution in [0.2, 0.25) is 0 Å². The van der Waals surface area contributed by atoms with Crippen LogP contribution in [0.3, 0.4) is 0 Å². The zero-order valence-electron chi connectivity index (χ0n) is 23.0. The number of benzene rings is 5. The molecular formula is C36H30NO3P. The van der Waals surface area contributed by atoms with Crippen molar-refractivity contribution in [3.05, 3.63) is 139 Å². The number of hydrogen-bond donors (Lipinski definition) is 0. The largest absolute Gasteiger partial charge is 0.462 e. The van der Waals surface area contributed by atoms with Crippen molar-refractivity contribution in [1.29, 1.82) is 0 Å². The van der Waals surface area contributed by atoms with Crippen LogP contribution in [0.1, 0.15) is 17.3 Å². The van der Waals surface area contributed by atoms with E-state index >= 15 is 4.57 Å². The Morgan fingerprint density at radius 1 is 0.732 bits per heavy atom. The molecule has 0 unspecified atom stereocenters. The summed E-state index contributed by atoms with van der Waals surface area (Å²) in [5, 5.41) is 3.38. The molecular weight excluding hydrogens is 525 g/mol. The summed E-state index contributed by atoms with van der Waals surface area (Å²) < 4.78 is 23.0. The molecule has 0 radical (unpaired) electrons. The summed E-state index contributed by atoms with van der Waals surface area (Å²) in [6, 6.07) is 43.3. The third-order valence-corrected chi connectivity index (χ3v) is 10.6. The predicted molar refractivity (Wildman–Crippen MR) is 169 cm³/mol. The average molecular weight is 556 g/mol. The molecule has 0 aliphatic heterocycles. The highest BCUT2D eigenvalue weighted by atomic mass is 31.2.